The fourth-order valence-corrected chi connectivity index (χ4v) is 8.11. The number of nitrogens with zero attached hydrogens (tertiary/aromatic N) is 2. The minimum Gasteiger partial charge on any atom is -0.378 e. The summed E-state index contributed by atoms with van der Waals surface area (Å²) < 4.78 is 2.21. The molecule has 1 heterocycles. The van der Waals surface area contributed by atoms with Gasteiger partial charge in [-0.1, -0.05) is 59.4 Å². The van der Waals surface area contributed by atoms with Crippen molar-refractivity contribution in [2.24, 2.45) is 0 Å². The zero-order chi connectivity index (χ0) is 21.6. The smallest absolute Gasteiger partial charge is 0.199 e. The van der Waals surface area contributed by atoms with Crippen LogP contribution in [0.25, 0.3) is 5.57 Å². The topological polar surface area (TPSA) is 6.25 Å². The normalized spacial score (nSPS) is 16.8. The molecule has 0 amide bonds. The lowest BCUT2D eigenvalue weighted by Gasteiger charge is -2.38. The second kappa shape index (κ2) is 7.82. The Balaban J connectivity index is 2.11. The van der Waals surface area contributed by atoms with Gasteiger partial charge in [0.2, 0.25) is 0 Å². The van der Waals surface area contributed by atoms with Crippen molar-refractivity contribution >= 4 is 46.2 Å². The van der Waals surface area contributed by atoms with E-state index < -0.39 is 8.07 Å². The third-order valence-corrected chi connectivity index (χ3v) is 10.5. The quantitative estimate of drug-likeness (QED) is 0.337. The maximum absolute atomic E-state index is 3.72. The number of halogens is 1. The standard InChI is InChI=1S/C26H30BrN2Si/c1-28(2)19-11-13-22-24(15-19)30(5,6)25-16-20(29(3)4)12-14-23(25)26(22)21-10-8-7-9-18(21)17-27/h7-16H,17H2,1-6H3/q+1. The fraction of sp³-hybridized carbons (Fsp3) is 0.269. The average molecular weight is 479 g/mol. The van der Waals surface area contributed by atoms with E-state index in [1.807, 2.05) is 0 Å². The molecule has 30 heavy (non-hydrogen) atoms. The van der Waals surface area contributed by atoms with Gasteiger partial charge in [-0.05, 0) is 56.4 Å². The van der Waals surface area contributed by atoms with Crippen LogP contribution in [-0.4, -0.2) is 46.6 Å². The molecule has 0 N–H and O–H groups in total. The summed E-state index contributed by atoms with van der Waals surface area (Å²) in [7, 11) is 6.63. The fourth-order valence-electron chi connectivity index (χ4n) is 4.55. The molecular weight excluding hydrogens is 448 g/mol. The van der Waals surface area contributed by atoms with Crippen LogP contribution < -0.4 is 10.1 Å². The van der Waals surface area contributed by atoms with E-state index in [0.29, 0.717) is 0 Å². The first kappa shape index (κ1) is 21.1. The van der Waals surface area contributed by atoms with E-state index in [4.69, 9.17) is 0 Å². The molecule has 4 rings (SSSR count). The van der Waals surface area contributed by atoms with Gasteiger partial charge in [0.05, 0.1) is 0 Å². The third kappa shape index (κ3) is 3.36. The minimum atomic E-state index is -1.87. The molecule has 0 unspecified atom stereocenters. The van der Waals surface area contributed by atoms with Crippen LogP contribution in [0.5, 0.6) is 0 Å². The summed E-state index contributed by atoms with van der Waals surface area (Å²) in [6.07, 6.45) is 7.05. The Kier molecular flexibility index (Phi) is 5.50. The molecule has 0 bridgehead atoms. The highest BCUT2D eigenvalue weighted by molar-refractivity contribution is 9.08. The summed E-state index contributed by atoms with van der Waals surface area (Å²) in [5.41, 5.74) is 9.38. The van der Waals surface area contributed by atoms with Crippen molar-refractivity contribution in [3.8, 4) is 0 Å². The van der Waals surface area contributed by atoms with Gasteiger partial charge in [0, 0.05) is 37.3 Å². The van der Waals surface area contributed by atoms with Crippen LogP contribution in [0.1, 0.15) is 16.7 Å². The van der Waals surface area contributed by atoms with E-state index in [9.17, 15) is 0 Å². The van der Waals surface area contributed by atoms with Gasteiger partial charge in [-0.15, -0.1) is 0 Å². The Bertz CT molecular complexity index is 1150. The number of alkyl halides is 1. The SMILES string of the molecule is CN(C)c1ccc2c(c1)[Si](C)(C)C1=CC(=[N+](C)C)C=CC1=C2c1ccccc1CBr. The second-order valence-electron chi connectivity index (χ2n) is 9.04. The number of rotatable bonds is 3. The molecule has 1 aliphatic heterocycles. The molecule has 0 spiro atoms. The number of allylic oxidation sites excluding steroid dienone is 5. The molecule has 0 saturated heterocycles. The predicted octanol–water partition coefficient (Wildman–Crippen LogP) is 5.13. The van der Waals surface area contributed by atoms with E-state index in [1.165, 1.54) is 49.6 Å². The molecule has 2 aliphatic rings. The monoisotopic (exact) mass is 477 g/mol. The van der Waals surface area contributed by atoms with Crippen molar-refractivity contribution in [3.63, 3.8) is 0 Å². The molecule has 0 saturated carbocycles. The highest BCUT2D eigenvalue weighted by Gasteiger charge is 2.40. The first-order chi connectivity index (χ1) is 14.3. The molecule has 0 fully saturated rings. The molecule has 0 atom stereocenters. The number of anilines is 1. The zero-order valence-electron chi connectivity index (χ0n) is 18.8. The predicted molar refractivity (Wildman–Crippen MR) is 137 cm³/mol. The van der Waals surface area contributed by atoms with Crippen LogP contribution in [-0.2, 0) is 5.33 Å². The second-order valence-corrected chi connectivity index (χ2v) is 13.9. The van der Waals surface area contributed by atoms with Crippen LogP contribution in [0.2, 0.25) is 13.1 Å². The first-order valence-electron chi connectivity index (χ1n) is 10.4. The maximum Gasteiger partial charge on any atom is 0.199 e. The minimum absolute atomic E-state index is 0.851. The lowest BCUT2D eigenvalue weighted by molar-refractivity contribution is -0.462. The molecular formula is C26H30BrN2Si+. The van der Waals surface area contributed by atoms with Gasteiger partial charge in [0.15, 0.2) is 5.71 Å². The van der Waals surface area contributed by atoms with Gasteiger partial charge in [-0.2, -0.15) is 0 Å². The summed E-state index contributed by atoms with van der Waals surface area (Å²) in [6, 6.07) is 15.8. The van der Waals surface area contributed by atoms with Gasteiger partial charge in [-0.3, -0.25) is 0 Å². The first-order valence-corrected chi connectivity index (χ1v) is 14.5. The van der Waals surface area contributed by atoms with Crippen LogP contribution >= 0.6 is 15.9 Å². The van der Waals surface area contributed by atoms with Crippen LogP contribution in [0, 0.1) is 0 Å². The Morgan fingerprint density at radius 2 is 1.70 bits per heavy atom. The lowest BCUT2D eigenvalue weighted by atomic mass is 9.87. The van der Waals surface area contributed by atoms with Gasteiger partial charge < -0.3 is 4.90 Å². The largest absolute Gasteiger partial charge is 0.378 e. The summed E-state index contributed by atoms with van der Waals surface area (Å²) in [4.78, 5) is 2.21. The molecule has 0 radical (unpaired) electrons. The van der Waals surface area contributed by atoms with Crippen LogP contribution in [0.3, 0.4) is 0 Å². The van der Waals surface area contributed by atoms with Gasteiger partial charge >= 0.3 is 0 Å². The summed E-state index contributed by atoms with van der Waals surface area (Å²) in [5.74, 6) is 0. The number of hydrogen-bond acceptors (Lipinski definition) is 1. The van der Waals surface area contributed by atoms with Crippen LogP contribution in [0.15, 0.2) is 71.5 Å². The van der Waals surface area contributed by atoms with Crippen molar-refractivity contribution in [2.75, 3.05) is 33.1 Å². The Hall–Kier alpha value is -2.17. The van der Waals surface area contributed by atoms with Gasteiger partial charge in [0.25, 0.3) is 0 Å². The van der Waals surface area contributed by atoms with Crippen molar-refractivity contribution in [3.05, 3.63) is 88.2 Å². The molecule has 2 aromatic rings. The summed E-state index contributed by atoms with van der Waals surface area (Å²) in [5, 5.41) is 3.90. The van der Waals surface area contributed by atoms with Crippen molar-refractivity contribution < 1.29 is 4.58 Å². The highest BCUT2D eigenvalue weighted by Crippen LogP contribution is 2.42. The Morgan fingerprint density at radius 3 is 2.37 bits per heavy atom. The van der Waals surface area contributed by atoms with E-state index >= 15 is 0 Å². The van der Waals surface area contributed by atoms with Gasteiger partial charge in [0.1, 0.15) is 22.2 Å². The number of fused-ring (bicyclic) bond motifs is 2. The molecule has 154 valence electrons. The zero-order valence-corrected chi connectivity index (χ0v) is 21.3. The van der Waals surface area contributed by atoms with E-state index in [-0.39, 0.29) is 0 Å². The Labute approximate surface area is 190 Å². The Morgan fingerprint density at radius 1 is 0.967 bits per heavy atom. The molecule has 4 heteroatoms. The molecule has 1 aliphatic carbocycles. The summed E-state index contributed by atoms with van der Waals surface area (Å²) in [6.45, 7) is 4.99. The molecule has 2 aromatic carbocycles. The highest BCUT2D eigenvalue weighted by atomic mass is 79.9. The molecule has 2 nitrogen and oxygen atoms in total. The number of hydrogen-bond donors (Lipinski definition) is 0. The van der Waals surface area contributed by atoms with E-state index in [1.54, 1.807) is 0 Å². The lowest BCUT2D eigenvalue weighted by Crippen LogP contribution is -2.49. The van der Waals surface area contributed by atoms with Crippen molar-refractivity contribution in [2.45, 2.75) is 18.4 Å². The van der Waals surface area contributed by atoms with Gasteiger partial charge in [-0.25, -0.2) is 4.58 Å². The average Bonchev–Trinajstić information content (AvgIpc) is 2.73. The van der Waals surface area contributed by atoms with E-state index in [2.05, 4.69) is 127 Å². The third-order valence-electron chi connectivity index (χ3n) is 6.36. The van der Waals surface area contributed by atoms with Crippen LogP contribution in [0.4, 0.5) is 5.69 Å². The van der Waals surface area contributed by atoms with Crippen molar-refractivity contribution in [1.82, 2.24) is 0 Å². The number of benzene rings is 2. The summed E-state index contributed by atoms with van der Waals surface area (Å²) >= 11 is 3.72. The molecule has 0 aromatic heterocycles. The van der Waals surface area contributed by atoms with Crippen molar-refractivity contribution in [1.29, 1.82) is 0 Å². The van der Waals surface area contributed by atoms with E-state index in [0.717, 1.165) is 5.33 Å². The maximum atomic E-state index is 3.72.